The fourth-order valence-electron chi connectivity index (χ4n) is 3.60. The lowest BCUT2D eigenvalue weighted by atomic mass is 10.2. The van der Waals surface area contributed by atoms with E-state index in [9.17, 15) is 14.7 Å². The number of aromatic nitrogens is 2. The number of nitrogens with one attached hydrogen (secondary N) is 1. The van der Waals surface area contributed by atoms with E-state index in [1.807, 2.05) is 62.4 Å². The highest BCUT2D eigenvalue weighted by atomic mass is 32.2. The number of unbranched alkanes of at least 4 members (excludes halogenated alkanes) is 2. The SMILES string of the molecule is CCCCCn1c(-c2ccc(SC(C)(C)C(=O)O)cc2)nc(C(=O)Nc2ccc(C)cc2)c1C. The summed E-state index contributed by atoms with van der Waals surface area (Å²) in [6.07, 6.45) is 3.21. The van der Waals surface area contributed by atoms with Crippen LogP contribution in [0, 0.1) is 13.8 Å². The van der Waals surface area contributed by atoms with Crippen LogP contribution in [-0.4, -0.2) is 31.3 Å². The molecule has 7 heteroatoms. The number of carbonyl (C=O) groups is 2. The summed E-state index contributed by atoms with van der Waals surface area (Å²) >= 11 is 1.30. The molecule has 6 nitrogen and oxygen atoms in total. The first-order valence-electron chi connectivity index (χ1n) is 11.6. The van der Waals surface area contributed by atoms with Crippen LogP contribution in [0.1, 0.15) is 61.8 Å². The smallest absolute Gasteiger partial charge is 0.319 e. The minimum atomic E-state index is -0.919. The average Bonchev–Trinajstić information content (AvgIpc) is 3.12. The van der Waals surface area contributed by atoms with Crippen molar-refractivity contribution in [3.63, 3.8) is 0 Å². The maximum absolute atomic E-state index is 13.1. The van der Waals surface area contributed by atoms with Gasteiger partial charge in [-0.3, -0.25) is 9.59 Å². The van der Waals surface area contributed by atoms with Gasteiger partial charge in [0.25, 0.3) is 5.91 Å². The Kier molecular flexibility index (Phi) is 8.20. The highest BCUT2D eigenvalue weighted by molar-refractivity contribution is 8.01. The number of carboxylic acid groups (broad SMARTS) is 1. The Hall–Kier alpha value is -3.06. The molecule has 0 aliphatic carbocycles. The Morgan fingerprint density at radius 1 is 1.03 bits per heavy atom. The first-order valence-corrected chi connectivity index (χ1v) is 12.4. The van der Waals surface area contributed by atoms with Crippen LogP contribution in [0.2, 0.25) is 0 Å². The molecule has 2 aromatic carbocycles. The van der Waals surface area contributed by atoms with Crippen LogP contribution < -0.4 is 5.32 Å². The van der Waals surface area contributed by atoms with Gasteiger partial charge in [-0.1, -0.05) is 49.6 Å². The molecule has 0 aliphatic rings. The van der Waals surface area contributed by atoms with Crippen molar-refractivity contribution in [2.45, 2.75) is 70.1 Å². The molecule has 180 valence electrons. The van der Waals surface area contributed by atoms with Gasteiger partial charge in [-0.05, 0) is 58.4 Å². The number of benzene rings is 2. The molecule has 0 aliphatic heterocycles. The zero-order valence-corrected chi connectivity index (χ0v) is 21.3. The summed E-state index contributed by atoms with van der Waals surface area (Å²) in [5, 5.41) is 12.4. The summed E-state index contributed by atoms with van der Waals surface area (Å²) < 4.78 is 1.20. The summed E-state index contributed by atoms with van der Waals surface area (Å²) in [5.74, 6) is -0.336. The number of anilines is 1. The number of carbonyl (C=O) groups excluding carboxylic acids is 1. The van der Waals surface area contributed by atoms with Crippen molar-refractivity contribution in [3.8, 4) is 11.4 Å². The highest BCUT2D eigenvalue weighted by Gasteiger charge is 2.28. The quantitative estimate of drug-likeness (QED) is 0.254. The van der Waals surface area contributed by atoms with E-state index in [-0.39, 0.29) is 5.91 Å². The predicted molar refractivity (Wildman–Crippen MR) is 139 cm³/mol. The molecule has 0 fully saturated rings. The van der Waals surface area contributed by atoms with Crippen LogP contribution in [-0.2, 0) is 11.3 Å². The molecule has 0 saturated carbocycles. The van der Waals surface area contributed by atoms with Crippen molar-refractivity contribution < 1.29 is 14.7 Å². The number of imidazole rings is 1. The summed E-state index contributed by atoms with van der Waals surface area (Å²) in [7, 11) is 0. The van der Waals surface area contributed by atoms with Crippen molar-refractivity contribution in [2.24, 2.45) is 0 Å². The van der Waals surface area contributed by atoms with E-state index in [4.69, 9.17) is 4.98 Å². The van der Waals surface area contributed by atoms with Crippen molar-refractivity contribution in [1.82, 2.24) is 9.55 Å². The molecule has 3 aromatic rings. The lowest BCUT2D eigenvalue weighted by molar-refractivity contribution is -0.138. The molecule has 0 spiro atoms. The van der Waals surface area contributed by atoms with E-state index in [1.54, 1.807) is 13.8 Å². The lowest BCUT2D eigenvalue weighted by Crippen LogP contribution is -2.26. The van der Waals surface area contributed by atoms with Crippen LogP contribution in [0.5, 0.6) is 0 Å². The van der Waals surface area contributed by atoms with Gasteiger partial charge in [-0.2, -0.15) is 0 Å². The Bertz CT molecular complexity index is 1150. The van der Waals surface area contributed by atoms with Crippen molar-refractivity contribution >= 4 is 29.3 Å². The molecule has 34 heavy (non-hydrogen) atoms. The van der Waals surface area contributed by atoms with E-state index < -0.39 is 10.7 Å². The highest BCUT2D eigenvalue weighted by Crippen LogP contribution is 2.34. The van der Waals surface area contributed by atoms with Gasteiger partial charge in [0, 0.05) is 28.4 Å². The Labute approximate surface area is 205 Å². The minimum Gasteiger partial charge on any atom is -0.480 e. The average molecular weight is 480 g/mol. The number of rotatable bonds is 10. The Morgan fingerprint density at radius 3 is 2.26 bits per heavy atom. The normalized spacial score (nSPS) is 11.4. The summed E-state index contributed by atoms with van der Waals surface area (Å²) in [5.41, 5.74) is 4.01. The molecule has 0 radical (unpaired) electrons. The molecule has 0 unspecified atom stereocenters. The van der Waals surface area contributed by atoms with Gasteiger partial charge in [0.05, 0.1) is 0 Å². The Morgan fingerprint density at radius 2 is 1.68 bits per heavy atom. The fourth-order valence-corrected chi connectivity index (χ4v) is 4.55. The standard InChI is InChI=1S/C27H33N3O3S/c1-6-7-8-17-30-19(3)23(25(31)28-21-13-9-18(2)10-14-21)29-24(30)20-11-15-22(16-12-20)34-27(4,5)26(32)33/h9-16H,6-8,17H2,1-5H3,(H,28,31)(H,32,33). The Balaban J connectivity index is 1.91. The molecular weight excluding hydrogens is 446 g/mol. The molecule has 0 saturated heterocycles. The first-order chi connectivity index (χ1) is 16.1. The fraction of sp³-hybridized carbons (Fsp3) is 0.370. The third-order valence-corrected chi connectivity index (χ3v) is 6.92. The van der Waals surface area contributed by atoms with E-state index in [1.165, 1.54) is 11.8 Å². The number of hydrogen-bond acceptors (Lipinski definition) is 4. The third kappa shape index (κ3) is 6.08. The second-order valence-corrected chi connectivity index (χ2v) is 10.7. The number of aryl methyl sites for hydroxylation is 1. The number of thioether (sulfide) groups is 1. The molecule has 1 aromatic heterocycles. The van der Waals surface area contributed by atoms with Gasteiger partial charge in [0.15, 0.2) is 0 Å². The molecule has 1 heterocycles. The van der Waals surface area contributed by atoms with Crippen LogP contribution in [0.4, 0.5) is 5.69 Å². The number of nitrogens with zero attached hydrogens (tertiary/aromatic N) is 2. The van der Waals surface area contributed by atoms with Crippen LogP contribution in [0.15, 0.2) is 53.4 Å². The van der Waals surface area contributed by atoms with Gasteiger partial charge in [-0.15, -0.1) is 11.8 Å². The number of amides is 1. The summed E-state index contributed by atoms with van der Waals surface area (Å²) in [6.45, 7) is 10.3. The largest absolute Gasteiger partial charge is 0.480 e. The number of carboxylic acids is 1. The molecule has 1 amide bonds. The van der Waals surface area contributed by atoms with Gasteiger partial charge >= 0.3 is 5.97 Å². The van der Waals surface area contributed by atoms with E-state index in [0.29, 0.717) is 5.69 Å². The number of aliphatic carboxylic acids is 1. The summed E-state index contributed by atoms with van der Waals surface area (Å²) in [6, 6.07) is 15.4. The zero-order chi connectivity index (χ0) is 24.9. The maximum Gasteiger partial charge on any atom is 0.319 e. The monoisotopic (exact) mass is 479 g/mol. The maximum atomic E-state index is 13.1. The topological polar surface area (TPSA) is 84.2 Å². The second-order valence-electron chi connectivity index (χ2n) is 8.99. The van der Waals surface area contributed by atoms with Crippen LogP contribution in [0.3, 0.4) is 0 Å². The van der Waals surface area contributed by atoms with E-state index in [2.05, 4.69) is 16.8 Å². The predicted octanol–water partition coefficient (Wildman–Crippen LogP) is 6.56. The molecule has 0 atom stereocenters. The van der Waals surface area contributed by atoms with Crippen LogP contribution >= 0.6 is 11.8 Å². The van der Waals surface area contributed by atoms with Gasteiger partial charge in [0.1, 0.15) is 16.3 Å². The molecule has 3 rings (SSSR count). The second kappa shape index (κ2) is 10.9. The van der Waals surface area contributed by atoms with E-state index >= 15 is 0 Å². The van der Waals surface area contributed by atoms with Gasteiger partial charge < -0.3 is 15.0 Å². The molecular formula is C27H33N3O3S. The van der Waals surface area contributed by atoms with Crippen LogP contribution in [0.25, 0.3) is 11.4 Å². The van der Waals surface area contributed by atoms with Crippen molar-refractivity contribution in [3.05, 3.63) is 65.5 Å². The van der Waals surface area contributed by atoms with Gasteiger partial charge in [0.2, 0.25) is 0 Å². The van der Waals surface area contributed by atoms with E-state index in [0.717, 1.165) is 59.0 Å². The minimum absolute atomic E-state index is 0.229. The van der Waals surface area contributed by atoms with Crippen molar-refractivity contribution in [2.75, 3.05) is 5.32 Å². The number of hydrogen-bond donors (Lipinski definition) is 2. The van der Waals surface area contributed by atoms with Crippen molar-refractivity contribution in [1.29, 1.82) is 0 Å². The molecule has 0 bridgehead atoms. The lowest BCUT2D eigenvalue weighted by Gasteiger charge is -2.18. The van der Waals surface area contributed by atoms with Gasteiger partial charge in [-0.25, -0.2) is 4.98 Å². The summed E-state index contributed by atoms with van der Waals surface area (Å²) in [4.78, 5) is 30.2. The third-order valence-electron chi connectivity index (χ3n) is 5.73. The molecule has 2 N–H and O–H groups in total. The first kappa shape index (κ1) is 25.6. The zero-order valence-electron chi connectivity index (χ0n) is 20.5.